The first-order valence-corrected chi connectivity index (χ1v) is 18.9. The molecule has 2 aliphatic rings. The van der Waals surface area contributed by atoms with E-state index in [0.717, 1.165) is 11.6 Å². The molecule has 4 heterocycles. The third kappa shape index (κ3) is 5.42. The molecule has 6 rings (SSSR count). The second-order valence-electron chi connectivity index (χ2n) is 12.6. The molecule has 12 heteroatoms. The maximum atomic E-state index is 14.6. The average Bonchev–Trinajstić information content (AvgIpc) is 3.55. The molecule has 1 unspecified atom stereocenters. The van der Waals surface area contributed by atoms with Crippen LogP contribution in [0.1, 0.15) is 33.6 Å². The SMILES string of the molecule is C[Si](C)(C)CCOCn1c(CN2C(=O)c3c(Cl)cccc3C23CCN(Cc2ccc(F)cc2)C3=O)cc2nc(Cl)c(F)cc21. The van der Waals surface area contributed by atoms with Crippen molar-refractivity contribution in [3.05, 3.63) is 98.8 Å². The summed E-state index contributed by atoms with van der Waals surface area (Å²) in [5.41, 5.74) is 1.88. The molecule has 44 heavy (non-hydrogen) atoms. The topological polar surface area (TPSA) is 67.7 Å². The summed E-state index contributed by atoms with van der Waals surface area (Å²) in [7, 11) is -1.36. The highest BCUT2D eigenvalue weighted by atomic mass is 35.5. The molecule has 2 aliphatic heterocycles. The van der Waals surface area contributed by atoms with Crippen molar-refractivity contribution in [1.29, 1.82) is 0 Å². The minimum Gasteiger partial charge on any atom is -0.361 e. The van der Waals surface area contributed by atoms with Gasteiger partial charge in [0.15, 0.2) is 16.5 Å². The van der Waals surface area contributed by atoms with Crippen LogP contribution in [0.5, 0.6) is 0 Å². The molecule has 2 aromatic carbocycles. The van der Waals surface area contributed by atoms with E-state index in [0.29, 0.717) is 47.4 Å². The third-order valence-electron chi connectivity index (χ3n) is 8.47. The lowest BCUT2D eigenvalue weighted by molar-refractivity contribution is -0.137. The van der Waals surface area contributed by atoms with Gasteiger partial charge in [0.2, 0.25) is 0 Å². The van der Waals surface area contributed by atoms with Crippen molar-refractivity contribution in [2.24, 2.45) is 0 Å². The normalized spacial score (nSPS) is 18.3. The van der Waals surface area contributed by atoms with Crippen molar-refractivity contribution >= 4 is 54.1 Å². The van der Waals surface area contributed by atoms with Crippen LogP contribution in [0.3, 0.4) is 0 Å². The molecule has 1 fully saturated rings. The monoisotopic (exact) mass is 656 g/mol. The lowest BCUT2D eigenvalue weighted by atomic mass is 9.87. The molecule has 2 aromatic heterocycles. The number of benzene rings is 2. The number of halogens is 4. The van der Waals surface area contributed by atoms with E-state index in [4.69, 9.17) is 27.9 Å². The minimum atomic E-state index is -1.36. The third-order valence-corrected chi connectivity index (χ3v) is 10.8. The molecule has 7 nitrogen and oxygen atoms in total. The van der Waals surface area contributed by atoms with Crippen molar-refractivity contribution in [2.75, 3.05) is 13.2 Å². The Morgan fingerprint density at radius 1 is 1.02 bits per heavy atom. The lowest BCUT2D eigenvalue weighted by Gasteiger charge is -2.34. The molecule has 1 saturated heterocycles. The van der Waals surface area contributed by atoms with Gasteiger partial charge in [-0.3, -0.25) is 9.59 Å². The summed E-state index contributed by atoms with van der Waals surface area (Å²) in [6.07, 6.45) is 0.345. The summed E-state index contributed by atoms with van der Waals surface area (Å²) < 4.78 is 36.0. The van der Waals surface area contributed by atoms with E-state index in [2.05, 4.69) is 24.6 Å². The fourth-order valence-electron chi connectivity index (χ4n) is 6.14. The number of aromatic nitrogens is 2. The van der Waals surface area contributed by atoms with Crippen LogP contribution >= 0.6 is 23.2 Å². The summed E-state index contributed by atoms with van der Waals surface area (Å²) >= 11 is 12.6. The highest BCUT2D eigenvalue weighted by Gasteiger charge is 2.59. The zero-order valence-corrected chi connectivity index (χ0v) is 27.2. The molecule has 0 aliphatic carbocycles. The first-order valence-electron chi connectivity index (χ1n) is 14.5. The molecule has 0 saturated carbocycles. The standard InChI is InChI=1S/C32H32Cl2F2N4O3Si/c1-44(2,3)14-13-43-19-39-22(15-26-27(39)16-25(36)29(34)37-26)18-40-30(41)28-23(5-4-6-24(28)33)32(40)11-12-38(31(32)42)17-20-7-9-21(35)10-8-20/h4-10,15-16H,11-14,17-19H2,1-3H3. The van der Waals surface area contributed by atoms with E-state index in [-0.39, 0.29) is 47.6 Å². The average molecular weight is 658 g/mol. The predicted molar refractivity (Wildman–Crippen MR) is 168 cm³/mol. The first-order chi connectivity index (χ1) is 20.9. The number of pyridine rings is 1. The van der Waals surface area contributed by atoms with Crippen LogP contribution in [0.2, 0.25) is 35.9 Å². The Labute approximate surface area is 265 Å². The van der Waals surface area contributed by atoms with Gasteiger partial charge in [-0.1, -0.05) is 67.1 Å². The van der Waals surface area contributed by atoms with Gasteiger partial charge in [-0.05, 0) is 35.9 Å². The van der Waals surface area contributed by atoms with E-state index in [9.17, 15) is 18.4 Å². The van der Waals surface area contributed by atoms with E-state index >= 15 is 0 Å². The molecule has 0 radical (unpaired) electrons. The Morgan fingerprint density at radius 3 is 2.50 bits per heavy atom. The molecular formula is C32H32Cl2F2N4O3Si. The van der Waals surface area contributed by atoms with Gasteiger partial charge in [-0.2, -0.15) is 0 Å². The second kappa shape index (κ2) is 11.6. The van der Waals surface area contributed by atoms with Crippen LogP contribution in [-0.4, -0.2) is 52.4 Å². The number of rotatable bonds is 9. The van der Waals surface area contributed by atoms with Gasteiger partial charge in [-0.25, -0.2) is 13.8 Å². The first kappa shape index (κ1) is 30.7. The Hall–Kier alpha value is -3.31. The summed E-state index contributed by atoms with van der Waals surface area (Å²) in [6.45, 7) is 8.09. The van der Waals surface area contributed by atoms with Crippen molar-refractivity contribution < 1.29 is 23.1 Å². The number of nitrogens with zero attached hydrogens (tertiary/aromatic N) is 4. The van der Waals surface area contributed by atoms with Gasteiger partial charge in [0, 0.05) is 51.5 Å². The van der Waals surface area contributed by atoms with Gasteiger partial charge >= 0.3 is 0 Å². The molecule has 0 N–H and O–H groups in total. The van der Waals surface area contributed by atoms with Crippen molar-refractivity contribution in [1.82, 2.24) is 19.4 Å². The number of ether oxygens (including phenoxy) is 1. The van der Waals surface area contributed by atoms with E-state index in [1.165, 1.54) is 18.2 Å². The van der Waals surface area contributed by atoms with Gasteiger partial charge in [-0.15, -0.1) is 0 Å². The molecule has 230 valence electrons. The highest BCUT2D eigenvalue weighted by molar-refractivity contribution is 6.76. The van der Waals surface area contributed by atoms with Crippen LogP contribution in [0, 0.1) is 11.6 Å². The molecule has 1 spiro atoms. The maximum absolute atomic E-state index is 14.6. The number of hydrogen-bond acceptors (Lipinski definition) is 4. The van der Waals surface area contributed by atoms with Gasteiger partial charge in [0.05, 0.1) is 28.2 Å². The van der Waals surface area contributed by atoms with E-state index in [1.54, 1.807) is 50.8 Å². The molecular weight excluding hydrogens is 625 g/mol. The summed E-state index contributed by atoms with van der Waals surface area (Å²) in [5.74, 6) is -1.62. The summed E-state index contributed by atoms with van der Waals surface area (Å²) in [6, 6.07) is 15.2. The van der Waals surface area contributed by atoms with Crippen LogP contribution in [-0.2, 0) is 34.9 Å². The van der Waals surface area contributed by atoms with E-state index < -0.39 is 19.4 Å². The zero-order valence-electron chi connectivity index (χ0n) is 24.7. The highest BCUT2D eigenvalue weighted by Crippen LogP contribution is 2.49. The number of fused-ring (bicyclic) bond motifs is 3. The Kier molecular flexibility index (Phi) is 8.07. The minimum absolute atomic E-state index is 0.0208. The largest absolute Gasteiger partial charge is 0.361 e. The fraction of sp³-hybridized carbons (Fsp3) is 0.344. The Bertz CT molecular complexity index is 1780. The van der Waals surface area contributed by atoms with Crippen LogP contribution in [0.15, 0.2) is 54.6 Å². The smallest absolute Gasteiger partial charge is 0.257 e. The van der Waals surface area contributed by atoms with Gasteiger partial charge in [0.25, 0.3) is 11.8 Å². The number of amides is 2. The van der Waals surface area contributed by atoms with Crippen molar-refractivity contribution in [2.45, 2.75) is 57.5 Å². The van der Waals surface area contributed by atoms with Crippen LogP contribution < -0.4 is 0 Å². The van der Waals surface area contributed by atoms with Crippen LogP contribution in [0.4, 0.5) is 8.78 Å². The number of carbonyl (C=O) groups excluding carboxylic acids is 2. The molecule has 4 aromatic rings. The number of likely N-dealkylation sites (tertiary alicyclic amines) is 1. The van der Waals surface area contributed by atoms with Gasteiger partial charge in [0.1, 0.15) is 12.5 Å². The van der Waals surface area contributed by atoms with Gasteiger partial charge < -0.3 is 19.1 Å². The maximum Gasteiger partial charge on any atom is 0.257 e. The van der Waals surface area contributed by atoms with Crippen molar-refractivity contribution in [3.63, 3.8) is 0 Å². The molecule has 0 bridgehead atoms. The fourth-order valence-corrected chi connectivity index (χ4v) is 7.29. The second-order valence-corrected chi connectivity index (χ2v) is 19.0. The number of hydrogen-bond donors (Lipinski definition) is 0. The number of carbonyl (C=O) groups is 2. The lowest BCUT2D eigenvalue weighted by Crippen LogP contribution is -2.49. The summed E-state index contributed by atoms with van der Waals surface area (Å²) in [4.78, 5) is 36.0. The van der Waals surface area contributed by atoms with Crippen molar-refractivity contribution in [3.8, 4) is 0 Å². The van der Waals surface area contributed by atoms with E-state index in [1.807, 2.05) is 0 Å². The summed E-state index contributed by atoms with van der Waals surface area (Å²) in [5, 5.41) is 0.0149. The van der Waals surface area contributed by atoms with Crippen LogP contribution in [0.25, 0.3) is 11.0 Å². The quantitative estimate of drug-likeness (QED) is 0.108. The molecule has 2 amide bonds. The Balaban J connectivity index is 1.39. The zero-order chi connectivity index (χ0) is 31.4. The molecule has 1 atom stereocenters. The predicted octanol–water partition coefficient (Wildman–Crippen LogP) is 7.22. The Morgan fingerprint density at radius 2 is 1.77 bits per heavy atom.